The molecule has 0 atom stereocenters. The summed E-state index contributed by atoms with van der Waals surface area (Å²) in [5.74, 6) is 0.547. The summed E-state index contributed by atoms with van der Waals surface area (Å²) < 4.78 is 24.9. The SMILES string of the molecule is CCC(CC)C(=O)/C=C(\O)C(CC)CC.[2H]C([2H])(c1ccnc(-c2[c-]ccc3c2oc2c3ccc3sc(C(C)(C)C)nc32)c1)C(C)(C)C.[Ir]. The van der Waals surface area contributed by atoms with Crippen LogP contribution in [-0.4, -0.2) is 20.9 Å². The number of carbonyl (C=O) groups excluding carboxylic acids is 1. The van der Waals surface area contributed by atoms with E-state index in [4.69, 9.17) is 12.1 Å². The second-order valence-corrected chi connectivity index (χ2v) is 15.1. The number of benzene rings is 2. The van der Waals surface area contributed by atoms with Gasteiger partial charge in [-0.25, -0.2) is 4.98 Å². The molecule has 0 aliphatic heterocycles. The Kier molecular flexibility index (Phi) is 12.1. The van der Waals surface area contributed by atoms with E-state index in [2.05, 4.69) is 44.0 Å². The van der Waals surface area contributed by atoms with Gasteiger partial charge in [0.15, 0.2) is 5.78 Å². The first-order valence-corrected chi connectivity index (χ1v) is 17.4. The number of nitrogens with zero attached hydrogens (tertiary/aromatic N) is 2. The Morgan fingerprint density at radius 2 is 1.62 bits per heavy atom. The summed E-state index contributed by atoms with van der Waals surface area (Å²) in [6, 6.07) is 15.0. The molecule has 0 fully saturated rings. The molecule has 3 heterocycles. The zero-order chi connectivity index (χ0) is 35.6. The monoisotopic (exact) mass is 834 g/mol. The van der Waals surface area contributed by atoms with Crippen LogP contribution in [0.2, 0.25) is 0 Å². The van der Waals surface area contributed by atoms with Crippen molar-refractivity contribution in [3.05, 3.63) is 71.1 Å². The van der Waals surface area contributed by atoms with Gasteiger partial charge in [-0.3, -0.25) is 4.79 Å². The molecule has 0 saturated heterocycles. The number of ketones is 1. The molecule has 5 aromatic rings. The molecule has 2 aromatic carbocycles. The van der Waals surface area contributed by atoms with Gasteiger partial charge in [-0.15, -0.1) is 29.5 Å². The van der Waals surface area contributed by atoms with Crippen LogP contribution in [0.4, 0.5) is 0 Å². The van der Waals surface area contributed by atoms with Gasteiger partial charge < -0.3 is 14.5 Å². The Hall–Kier alpha value is -2.86. The molecule has 0 aliphatic carbocycles. The molecule has 0 amide bonds. The molecule has 47 heavy (non-hydrogen) atoms. The number of carbonyl (C=O) groups is 1. The number of furan rings is 1. The summed E-state index contributed by atoms with van der Waals surface area (Å²) in [5, 5.41) is 12.8. The number of fused-ring (bicyclic) bond motifs is 5. The van der Waals surface area contributed by atoms with Crippen LogP contribution >= 0.6 is 11.3 Å². The van der Waals surface area contributed by atoms with Crippen molar-refractivity contribution < 1.29 is 37.2 Å². The van der Waals surface area contributed by atoms with E-state index in [1.165, 1.54) is 6.08 Å². The van der Waals surface area contributed by atoms with Gasteiger partial charge in [-0.05, 0) is 55.3 Å². The maximum Gasteiger partial charge on any atom is 0.162 e. The standard InChI is InChI=1S/C27H27N2OS.C13H24O2.Ir/c1-26(2,3)15-16-12-13-28-20(14-16)19-9-7-8-17-18-10-11-21-22(24(18)30-23(17)19)29-25(31-21)27(4,5)6;1-5-10(6-2)12(14)9-13(15)11(7-3)8-4;/h7-8,10-14H,15H2,1-6H3;9-11,14H,5-8H2,1-4H3;/q-1;;/b;12-9-;/i15D2;;. The first-order valence-electron chi connectivity index (χ1n) is 17.6. The average Bonchev–Trinajstić information content (AvgIpc) is 3.64. The van der Waals surface area contributed by atoms with Gasteiger partial charge in [-0.1, -0.05) is 97.9 Å². The fraction of sp³-hybridized carbons (Fsp3) is 0.475. The molecule has 0 saturated carbocycles. The van der Waals surface area contributed by atoms with Crippen LogP contribution in [0.5, 0.6) is 0 Å². The van der Waals surface area contributed by atoms with Crippen LogP contribution < -0.4 is 0 Å². The molecule has 0 aliphatic rings. The third-order valence-electron chi connectivity index (χ3n) is 8.22. The van der Waals surface area contributed by atoms with Gasteiger partial charge in [0, 0.05) is 57.8 Å². The van der Waals surface area contributed by atoms with Crippen molar-refractivity contribution in [2.24, 2.45) is 17.3 Å². The normalized spacial score (nSPS) is 13.5. The molecule has 0 bridgehead atoms. The van der Waals surface area contributed by atoms with Gasteiger partial charge in [0.25, 0.3) is 0 Å². The van der Waals surface area contributed by atoms with Crippen LogP contribution in [0.15, 0.2) is 58.8 Å². The quantitative estimate of drug-likeness (QED) is 0.0909. The van der Waals surface area contributed by atoms with E-state index in [1.54, 1.807) is 23.6 Å². The number of aliphatic hydroxyl groups excluding tert-OH is 1. The van der Waals surface area contributed by atoms with Crippen LogP contribution in [0.3, 0.4) is 0 Å². The minimum absolute atomic E-state index is 0. The van der Waals surface area contributed by atoms with Crippen LogP contribution in [0.1, 0.15) is 108 Å². The zero-order valence-corrected chi connectivity index (χ0v) is 32.7. The Morgan fingerprint density at radius 3 is 2.21 bits per heavy atom. The number of hydrogen-bond donors (Lipinski definition) is 1. The predicted molar refractivity (Wildman–Crippen MR) is 195 cm³/mol. The van der Waals surface area contributed by atoms with Crippen molar-refractivity contribution >= 4 is 49.3 Å². The van der Waals surface area contributed by atoms with Gasteiger partial charge in [0.2, 0.25) is 0 Å². The first-order chi connectivity index (χ1) is 22.5. The maximum absolute atomic E-state index is 11.7. The van der Waals surface area contributed by atoms with E-state index in [9.17, 15) is 9.90 Å². The fourth-order valence-corrected chi connectivity index (χ4v) is 6.58. The Morgan fingerprint density at radius 1 is 0.979 bits per heavy atom. The van der Waals surface area contributed by atoms with E-state index in [-0.39, 0.29) is 48.9 Å². The zero-order valence-electron chi connectivity index (χ0n) is 31.5. The molecular formula is C40H51IrN2O3S-. The van der Waals surface area contributed by atoms with Crippen molar-refractivity contribution in [1.82, 2.24) is 9.97 Å². The number of aliphatic hydroxyl groups is 1. The molecule has 1 N–H and O–H groups in total. The topological polar surface area (TPSA) is 76.2 Å². The summed E-state index contributed by atoms with van der Waals surface area (Å²) in [4.78, 5) is 21.2. The largest absolute Gasteiger partial charge is 0.512 e. The van der Waals surface area contributed by atoms with Gasteiger partial charge in [-0.2, -0.15) is 0 Å². The van der Waals surface area contributed by atoms with Gasteiger partial charge in [0.05, 0.1) is 21.0 Å². The molecule has 7 heteroatoms. The Bertz CT molecular complexity index is 1920. The molecule has 5 nitrogen and oxygen atoms in total. The van der Waals surface area contributed by atoms with Crippen LogP contribution in [0.25, 0.3) is 43.4 Å². The van der Waals surface area contributed by atoms with Gasteiger partial charge >= 0.3 is 0 Å². The Labute approximate surface area is 301 Å². The van der Waals surface area contributed by atoms with Crippen LogP contribution in [0, 0.1) is 23.3 Å². The predicted octanol–water partition coefficient (Wildman–Crippen LogP) is 11.8. The summed E-state index contributed by atoms with van der Waals surface area (Å²) in [6.07, 6.45) is 5.06. The average molecular weight is 834 g/mol. The molecule has 0 spiro atoms. The Balaban J connectivity index is 0.000000347. The smallest absolute Gasteiger partial charge is 0.162 e. The first kappa shape index (κ1) is 35.4. The van der Waals surface area contributed by atoms with Crippen LogP contribution in [-0.2, 0) is 36.7 Å². The number of aromatic nitrogens is 2. The van der Waals surface area contributed by atoms with E-state index >= 15 is 0 Å². The molecule has 255 valence electrons. The number of allylic oxidation sites excluding steroid dienone is 2. The number of rotatable bonds is 9. The minimum Gasteiger partial charge on any atom is -0.512 e. The van der Waals surface area contributed by atoms with E-state index in [1.807, 2.05) is 66.7 Å². The number of pyridine rings is 1. The molecule has 1 radical (unpaired) electrons. The molecular weight excluding hydrogens is 781 g/mol. The van der Waals surface area contributed by atoms with E-state index in [0.717, 1.165) is 62.8 Å². The maximum atomic E-state index is 11.7. The van der Waals surface area contributed by atoms with Crippen molar-refractivity contribution in [2.45, 2.75) is 107 Å². The summed E-state index contributed by atoms with van der Waals surface area (Å²) in [6.45, 7) is 20.3. The second-order valence-electron chi connectivity index (χ2n) is 14.1. The third kappa shape index (κ3) is 9.19. The molecule has 5 rings (SSSR count). The summed E-state index contributed by atoms with van der Waals surface area (Å²) in [7, 11) is 0. The second kappa shape index (κ2) is 16.0. The van der Waals surface area contributed by atoms with Crippen molar-refractivity contribution in [2.75, 3.05) is 0 Å². The van der Waals surface area contributed by atoms with E-state index in [0.29, 0.717) is 16.8 Å². The minimum atomic E-state index is -1.51. The van der Waals surface area contributed by atoms with Gasteiger partial charge in [0.1, 0.15) is 11.1 Å². The molecule has 3 aromatic heterocycles. The van der Waals surface area contributed by atoms with Crippen molar-refractivity contribution in [3.63, 3.8) is 0 Å². The number of thiazole rings is 1. The van der Waals surface area contributed by atoms with Crippen molar-refractivity contribution in [3.8, 4) is 11.3 Å². The third-order valence-corrected chi connectivity index (χ3v) is 9.66. The summed E-state index contributed by atoms with van der Waals surface area (Å²) >= 11 is 1.70. The van der Waals surface area contributed by atoms with E-state index < -0.39 is 11.8 Å². The molecule has 0 unspecified atom stereocenters. The fourth-order valence-electron chi connectivity index (χ4n) is 5.56. The summed E-state index contributed by atoms with van der Waals surface area (Å²) in [5.41, 5.74) is 3.75. The van der Waals surface area contributed by atoms with Crippen molar-refractivity contribution in [1.29, 1.82) is 0 Å². The number of hydrogen-bond acceptors (Lipinski definition) is 6.